The fraction of sp³-hybridized carbons (Fsp3) is 0.556. The molecule has 25 heavy (non-hydrogen) atoms. The summed E-state index contributed by atoms with van der Waals surface area (Å²) in [7, 11) is 0. The van der Waals surface area contributed by atoms with Gasteiger partial charge in [-0.25, -0.2) is 0 Å². The number of esters is 1. The first-order chi connectivity index (χ1) is 12.1. The van der Waals surface area contributed by atoms with E-state index in [4.69, 9.17) is 9.47 Å². The van der Waals surface area contributed by atoms with Crippen LogP contribution in [0, 0.1) is 5.41 Å². The highest BCUT2D eigenvalue weighted by molar-refractivity contribution is 5.77. The van der Waals surface area contributed by atoms with Gasteiger partial charge in [0.25, 0.3) is 5.56 Å². The summed E-state index contributed by atoms with van der Waals surface area (Å²) in [5, 5.41) is 8.27. The number of carbonyl (C=O) groups is 1. The summed E-state index contributed by atoms with van der Waals surface area (Å²) in [5.74, 6) is -0.446. The molecule has 2 saturated carbocycles. The van der Waals surface area contributed by atoms with E-state index in [1.54, 1.807) is 24.3 Å². The molecule has 0 N–H and O–H groups in total. The molecule has 0 radical (unpaired) electrons. The first kappa shape index (κ1) is 16.2. The molecule has 0 saturated heterocycles. The maximum Gasteiger partial charge on any atom is 0.328 e. The van der Waals surface area contributed by atoms with Crippen LogP contribution in [0.25, 0.3) is 10.9 Å². The Bertz CT molecular complexity index is 859. The Labute approximate surface area is 144 Å². The van der Waals surface area contributed by atoms with Crippen LogP contribution in [-0.4, -0.2) is 39.8 Å². The number of aromatic nitrogens is 3. The van der Waals surface area contributed by atoms with Crippen LogP contribution >= 0.6 is 0 Å². The number of nitrogens with zero attached hydrogens (tertiary/aromatic N) is 3. The van der Waals surface area contributed by atoms with Crippen molar-refractivity contribution in [2.45, 2.75) is 51.4 Å². The van der Waals surface area contributed by atoms with E-state index in [1.165, 1.54) is 0 Å². The molecular weight excluding hydrogens is 322 g/mol. The number of hydrogen-bond donors (Lipinski definition) is 0. The molecule has 1 aromatic heterocycles. The molecule has 2 aliphatic carbocycles. The van der Waals surface area contributed by atoms with E-state index in [0.717, 1.165) is 30.4 Å². The van der Waals surface area contributed by atoms with Crippen molar-refractivity contribution < 1.29 is 14.3 Å². The van der Waals surface area contributed by atoms with Crippen molar-refractivity contribution in [3.8, 4) is 0 Å². The zero-order valence-corrected chi connectivity index (χ0v) is 14.2. The van der Waals surface area contributed by atoms with E-state index in [1.807, 2.05) is 6.92 Å². The number of hydrogen-bond acceptors (Lipinski definition) is 6. The van der Waals surface area contributed by atoms with Gasteiger partial charge in [0.2, 0.25) is 0 Å². The predicted molar refractivity (Wildman–Crippen MR) is 90.0 cm³/mol. The first-order valence-electron chi connectivity index (χ1n) is 8.77. The van der Waals surface area contributed by atoms with Gasteiger partial charge in [0.1, 0.15) is 18.2 Å². The topological polar surface area (TPSA) is 83.3 Å². The van der Waals surface area contributed by atoms with Gasteiger partial charge in [-0.05, 0) is 31.9 Å². The van der Waals surface area contributed by atoms with Gasteiger partial charge in [0.05, 0.1) is 11.5 Å². The molecule has 1 spiro atoms. The summed E-state index contributed by atoms with van der Waals surface area (Å²) in [5.41, 5.74) is 0.178. The molecule has 7 nitrogen and oxygen atoms in total. The fourth-order valence-electron chi connectivity index (χ4n) is 3.99. The predicted octanol–water partition coefficient (Wildman–Crippen LogP) is 1.68. The van der Waals surface area contributed by atoms with Crippen LogP contribution in [0.1, 0.15) is 32.6 Å². The molecule has 4 rings (SSSR count). The monoisotopic (exact) mass is 343 g/mol. The lowest BCUT2D eigenvalue weighted by molar-refractivity contribution is -0.239. The van der Waals surface area contributed by atoms with Crippen LogP contribution in [0.3, 0.4) is 0 Å². The number of fused-ring (bicyclic) bond motifs is 1. The van der Waals surface area contributed by atoms with E-state index < -0.39 is 5.97 Å². The van der Waals surface area contributed by atoms with Crippen LogP contribution in [0.5, 0.6) is 0 Å². The van der Waals surface area contributed by atoms with E-state index in [-0.39, 0.29) is 29.7 Å². The van der Waals surface area contributed by atoms with Crippen molar-refractivity contribution in [3.05, 3.63) is 34.6 Å². The summed E-state index contributed by atoms with van der Waals surface area (Å²) in [6, 6.07) is 6.94. The molecule has 1 aromatic carbocycles. The van der Waals surface area contributed by atoms with Crippen molar-refractivity contribution in [1.82, 2.24) is 15.0 Å². The van der Waals surface area contributed by atoms with Crippen LogP contribution in [0.2, 0.25) is 0 Å². The van der Waals surface area contributed by atoms with E-state index >= 15 is 0 Å². The molecule has 0 aliphatic heterocycles. The van der Waals surface area contributed by atoms with E-state index in [9.17, 15) is 9.59 Å². The Kier molecular flexibility index (Phi) is 4.03. The third kappa shape index (κ3) is 2.63. The van der Waals surface area contributed by atoms with E-state index in [2.05, 4.69) is 10.3 Å². The summed E-state index contributed by atoms with van der Waals surface area (Å²) >= 11 is 0. The molecule has 2 aliphatic rings. The molecule has 0 amide bonds. The van der Waals surface area contributed by atoms with Gasteiger partial charge in [-0.15, -0.1) is 5.10 Å². The minimum absolute atomic E-state index is 0.00824. The minimum atomic E-state index is -0.446. The fourth-order valence-corrected chi connectivity index (χ4v) is 3.99. The smallest absolute Gasteiger partial charge is 0.328 e. The minimum Gasteiger partial charge on any atom is -0.460 e. The Morgan fingerprint density at radius 1 is 1.32 bits per heavy atom. The summed E-state index contributed by atoms with van der Waals surface area (Å²) in [6.07, 6.45) is 4.02. The third-order valence-electron chi connectivity index (χ3n) is 5.54. The normalized spacial score (nSPS) is 23.9. The summed E-state index contributed by atoms with van der Waals surface area (Å²) in [4.78, 5) is 24.7. The third-order valence-corrected chi connectivity index (χ3v) is 5.54. The number of ether oxygens (including phenoxy) is 2. The zero-order chi connectivity index (χ0) is 17.4. The second-order valence-corrected chi connectivity index (χ2v) is 6.81. The molecule has 132 valence electrons. The molecule has 0 bridgehead atoms. The Morgan fingerprint density at radius 3 is 2.84 bits per heavy atom. The molecule has 2 atom stereocenters. The van der Waals surface area contributed by atoms with Gasteiger partial charge in [0.15, 0.2) is 0 Å². The van der Waals surface area contributed by atoms with Crippen molar-refractivity contribution in [2.24, 2.45) is 5.41 Å². The maximum atomic E-state index is 12.4. The van der Waals surface area contributed by atoms with Gasteiger partial charge in [-0.2, -0.15) is 4.68 Å². The Morgan fingerprint density at radius 2 is 2.12 bits per heavy atom. The highest BCUT2D eigenvalue weighted by Crippen LogP contribution is 2.58. The van der Waals surface area contributed by atoms with Crippen molar-refractivity contribution >= 4 is 16.9 Å². The lowest BCUT2D eigenvalue weighted by Gasteiger charge is -2.59. The van der Waals surface area contributed by atoms with Gasteiger partial charge in [0, 0.05) is 18.4 Å². The molecular formula is C18H21N3O4. The molecule has 2 fully saturated rings. The van der Waals surface area contributed by atoms with Gasteiger partial charge >= 0.3 is 5.97 Å². The molecule has 1 heterocycles. The molecule has 7 heteroatoms. The maximum absolute atomic E-state index is 12.4. The van der Waals surface area contributed by atoms with Crippen molar-refractivity contribution in [1.29, 1.82) is 0 Å². The average Bonchev–Trinajstić information content (AvgIpc) is 2.55. The SMILES string of the molecule is CCO[C@H]1C[C@@H](OC(=O)Cn2nnc3ccccc3c2=O)C12CCC2. The second-order valence-electron chi connectivity index (χ2n) is 6.81. The number of carbonyl (C=O) groups excluding carboxylic acids is 1. The largest absolute Gasteiger partial charge is 0.460 e. The molecule has 2 aromatic rings. The Hall–Kier alpha value is -2.28. The van der Waals surface area contributed by atoms with Gasteiger partial charge in [-0.1, -0.05) is 23.8 Å². The van der Waals surface area contributed by atoms with Crippen LogP contribution < -0.4 is 5.56 Å². The second kappa shape index (κ2) is 6.22. The first-order valence-corrected chi connectivity index (χ1v) is 8.77. The highest BCUT2D eigenvalue weighted by Gasteiger charge is 2.61. The van der Waals surface area contributed by atoms with Crippen molar-refractivity contribution in [2.75, 3.05) is 6.61 Å². The van der Waals surface area contributed by atoms with Gasteiger partial charge < -0.3 is 9.47 Å². The number of rotatable bonds is 5. The lowest BCUT2D eigenvalue weighted by Crippen LogP contribution is -2.63. The highest BCUT2D eigenvalue weighted by atomic mass is 16.6. The standard InChI is InChI=1S/C18H21N3O4/c1-2-24-14-10-15(18(14)8-5-9-18)25-16(22)11-21-17(23)12-6-3-4-7-13(12)19-20-21/h3-4,6-7,14-15H,2,5,8-11H2,1H3/t14-,15+/m0/s1. The summed E-state index contributed by atoms with van der Waals surface area (Å²) in [6.45, 7) is 2.44. The lowest BCUT2D eigenvalue weighted by atomic mass is 9.52. The van der Waals surface area contributed by atoms with Crippen molar-refractivity contribution in [3.63, 3.8) is 0 Å². The average molecular weight is 343 g/mol. The quantitative estimate of drug-likeness (QED) is 0.768. The van der Waals surface area contributed by atoms with Crippen LogP contribution in [0.4, 0.5) is 0 Å². The van der Waals surface area contributed by atoms with Crippen LogP contribution in [0.15, 0.2) is 29.1 Å². The summed E-state index contributed by atoms with van der Waals surface area (Å²) < 4.78 is 12.5. The van der Waals surface area contributed by atoms with Gasteiger partial charge in [-0.3, -0.25) is 9.59 Å². The Balaban J connectivity index is 1.45. The van der Waals surface area contributed by atoms with E-state index in [0.29, 0.717) is 17.5 Å². The number of benzene rings is 1. The molecule has 0 unspecified atom stereocenters. The zero-order valence-electron chi connectivity index (χ0n) is 14.2. The van der Waals surface area contributed by atoms with Crippen LogP contribution in [-0.2, 0) is 20.8 Å².